The van der Waals surface area contributed by atoms with Gasteiger partial charge in [-0.2, -0.15) is 0 Å². The van der Waals surface area contributed by atoms with Gasteiger partial charge in [0.25, 0.3) is 0 Å². The van der Waals surface area contributed by atoms with Gasteiger partial charge in [0.15, 0.2) is 0 Å². The molecule has 1 fully saturated rings. The van der Waals surface area contributed by atoms with E-state index >= 15 is 0 Å². The quantitative estimate of drug-likeness (QED) is 0.664. The van der Waals surface area contributed by atoms with Crippen molar-refractivity contribution in [2.75, 3.05) is 5.32 Å². The third kappa shape index (κ3) is 0.999. The second kappa shape index (κ2) is 2.84. The van der Waals surface area contributed by atoms with E-state index in [0.29, 0.717) is 5.92 Å². The summed E-state index contributed by atoms with van der Waals surface area (Å²) in [4.78, 5) is 11.7. The molecule has 2 atom stereocenters. The molecule has 0 saturated heterocycles. The number of nitrogens with one attached hydrogen (secondary N) is 1. The van der Waals surface area contributed by atoms with Gasteiger partial charge in [0.05, 0.1) is 0 Å². The Balaban J connectivity index is 2.11. The Morgan fingerprint density at radius 3 is 2.86 bits per heavy atom. The highest BCUT2D eigenvalue weighted by Gasteiger charge is 2.38. The van der Waals surface area contributed by atoms with Crippen molar-refractivity contribution in [3.8, 4) is 0 Å². The van der Waals surface area contributed by atoms with E-state index in [1.165, 1.54) is 18.4 Å². The maximum Gasteiger partial charge on any atom is 0.228 e. The summed E-state index contributed by atoms with van der Waals surface area (Å²) in [6, 6.07) is 8.19. The number of para-hydroxylation sites is 1. The summed E-state index contributed by atoms with van der Waals surface area (Å²) in [6.45, 7) is 0. The van der Waals surface area contributed by atoms with Gasteiger partial charge in [0.1, 0.15) is 0 Å². The molecule has 14 heavy (non-hydrogen) atoms. The van der Waals surface area contributed by atoms with Crippen molar-refractivity contribution < 1.29 is 4.79 Å². The molecule has 1 aromatic carbocycles. The number of carbonyl (C=O) groups is 1. The number of hydrogen-bond donors (Lipinski definition) is 1. The van der Waals surface area contributed by atoms with E-state index in [2.05, 4.69) is 17.4 Å². The molecule has 2 heteroatoms. The third-order valence-electron chi connectivity index (χ3n) is 3.47. The normalized spacial score (nSPS) is 29.3. The fourth-order valence-electron chi connectivity index (χ4n) is 2.81. The molecule has 2 aliphatic rings. The van der Waals surface area contributed by atoms with Crippen LogP contribution in [0.2, 0.25) is 0 Å². The van der Waals surface area contributed by atoms with Gasteiger partial charge in [0, 0.05) is 11.6 Å². The summed E-state index contributed by atoms with van der Waals surface area (Å²) < 4.78 is 0. The third-order valence-corrected chi connectivity index (χ3v) is 3.47. The summed E-state index contributed by atoms with van der Waals surface area (Å²) in [6.07, 6.45) is 3.43. The number of rotatable bonds is 0. The molecular formula is C12H13NO. The van der Waals surface area contributed by atoms with Gasteiger partial charge >= 0.3 is 0 Å². The topological polar surface area (TPSA) is 29.1 Å². The Kier molecular flexibility index (Phi) is 1.63. The molecule has 0 spiro atoms. The second-order valence-corrected chi connectivity index (χ2v) is 4.22. The smallest absolute Gasteiger partial charge is 0.228 e. The summed E-state index contributed by atoms with van der Waals surface area (Å²) in [5, 5.41) is 2.99. The highest BCUT2D eigenvalue weighted by atomic mass is 16.2. The van der Waals surface area contributed by atoms with E-state index in [4.69, 9.17) is 0 Å². The number of carbonyl (C=O) groups excluding carboxylic acids is 1. The standard InChI is InChI=1S/C12H13NO/c14-12-10-6-3-5-8(10)9-4-1-2-7-11(9)13-12/h1-2,4,7-8,10H,3,5-6H2,(H,13,14)/t8-,10+/m0/s1. The van der Waals surface area contributed by atoms with Crippen LogP contribution in [0.4, 0.5) is 5.69 Å². The van der Waals surface area contributed by atoms with Gasteiger partial charge in [-0.3, -0.25) is 4.79 Å². The Morgan fingerprint density at radius 2 is 1.93 bits per heavy atom. The van der Waals surface area contributed by atoms with Crippen LogP contribution < -0.4 is 5.32 Å². The minimum absolute atomic E-state index is 0.228. The van der Waals surface area contributed by atoms with Crippen LogP contribution in [0.3, 0.4) is 0 Å². The van der Waals surface area contributed by atoms with Crippen LogP contribution in [0.1, 0.15) is 30.7 Å². The molecule has 0 radical (unpaired) electrons. The first kappa shape index (κ1) is 8.04. The lowest BCUT2D eigenvalue weighted by molar-refractivity contribution is -0.120. The van der Waals surface area contributed by atoms with Crippen LogP contribution in [-0.2, 0) is 4.79 Å². The number of amides is 1. The lowest BCUT2D eigenvalue weighted by Gasteiger charge is -2.27. The Hall–Kier alpha value is -1.31. The van der Waals surface area contributed by atoms with Crippen molar-refractivity contribution in [1.29, 1.82) is 0 Å². The molecule has 2 nitrogen and oxygen atoms in total. The monoisotopic (exact) mass is 187 g/mol. The predicted octanol–water partition coefficient (Wildman–Crippen LogP) is 2.52. The minimum atomic E-state index is 0.228. The van der Waals surface area contributed by atoms with E-state index in [0.717, 1.165) is 12.1 Å². The number of hydrogen-bond acceptors (Lipinski definition) is 1. The average Bonchev–Trinajstić information content (AvgIpc) is 2.67. The summed E-state index contributed by atoms with van der Waals surface area (Å²) in [7, 11) is 0. The van der Waals surface area contributed by atoms with Gasteiger partial charge in [-0.05, 0) is 30.4 Å². The molecule has 0 bridgehead atoms. The molecule has 1 aliphatic heterocycles. The number of anilines is 1. The van der Waals surface area contributed by atoms with E-state index in [1.807, 2.05) is 12.1 Å². The van der Waals surface area contributed by atoms with Gasteiger partial charge in [0.2, 0.25) is 5.91 Å². The van der Waals surface area contributed by atoms with Gasteiger partial charge in [-0.15, -0.1) is 0 Å². The van der Waals surface area contributed by atoms with E-state index in [9.17, 15) is 4.79 Å². The molecule has 1 heterocycles. The van der Waals surface area contributed by atoms with E-state index in [-0.39, 0.29) is 11.8 Å². The van der Waals surface area contributed by atoms with Crippen molar-refractivity contribution in [1.82, 2.24) is 0 Å². The van der Waals surface area contributed by atoms with Crippen LogP contribution in [0.25, 0.3) is 0 Å². The molecule has 1 aromatic rings. The molecule has 1 saturated carbocycles. The Bertz CT molecular complexity index is 386. The second-order valence-electron chi connectivity index (χ2n) is 4.22. The lowest BCUT2D eigenvalue weighted by atomic mass is 9.84. The first-order valence-corrected chi connectivity index (χ1v) is 5.26. The van der Waals surface area contributed by atoms with E-state index in [1.54, 1.807) is 0 Å². The first-order valence-electron chi connectivity index (χ1n) is 5.26. The molecule has 1 amide bonds. The molecular weight excluding hydrogens is 174 g/mol. The van der Waals surface area contributed by atoms with Gasteiger partial charge < -0.3 is 5.32 Å². The van der Waals surface area contributed by atoms with Crippen molar-refractivity contribution in [3.63, 3.8) is 0 Å². The largest absolute Gasteiger partial charge is 0.326 e. The fourth-order valence-corrected chi connectivity index (χ4v) is 2.81. The summed E-state index contributed by atoms with van der Waals surface area (Å²) >= 11 is 0. The van der Waals surface area contributed by atoms with Crippen LogP contribution in [0.15, 0.2) is 24.3 Å². The van der Waals surface area contributed by atoms with Crippen molar-refractivity contribution in [3.05, 3.63) is 29.8 Å². The highest BCUT2D eigenvalue weighted by molar-refractivity contribution is 5.96. The van der Waals surface area contributed by atoms with Crippen LogP contribution in [0.5, 0.6) is 0 Å². The number of benzene rings is 1. The number of fused-ring (bicyclic) bond motifs is 3. The summed E-state index contributed by atoms with van der Waals surface area (Å²) in [5.74, 6) is 0.955. The lowest BCUT2D eigenvalue weighted by Crippen LogP contribution is -2.30. The van der Waals surface area contributed by atoms with Crippen molar-refractivity contribution >= 4 is 11.6 Å². The molecule has 0 unspecified atom stereocenters. The van der Waals surface area contributed by atoms with Crippen molar-refractivity contribution in [2.45, 2.75) is 25.2 Å². The van der Waals surface area contributed by atoms with Crippen LogP contribution in [-0.4, -0.2) is 5.91 Å². The van der Waals surface area contributed by atoms with Crippen LogP contribution in [0, 0.1) is 5.92 Å². The zero-order valence-electron chi connectivity index (χ0n) is 7.99. The van der Waals surface area contributed by atoms with E-state index < -0.39 is 0 Å². The van der Waals surface area contributed by atoms with Gasteiger partial charge in [-0.25, -0.2) is 0 Å². The first-order chi connectivity index (χ1) is 6.86. The maximum atomic E-state index is 11.7. The molecule has 72 valence electrons. The zero-order chi connectivity index (χ0) is 9.54. The highest BCUT2D eigenvalue weighted by Crippen LogP contribution is 2.45. The maximum absolute atomic E-state index is 11.7. The van der Waals surface area contributed by atoms with Crippen LogP contribution >= 0.6 is 0 Å². The minimum Gasteiger partial charge on any atom is -0.326 e. The average molecular weight is 187 g/mol. The van der Waals surface area contributed by atoms with Crippen molar-refractivity contribution in [2.24, 2.45) is 5.92 Å². The Labute approximate surface area is 83.3 Å². The molecule has 3 rings (SSSR count). The molecule has 1 N–H and O–H groups in total. The fraction of sp³-hybridized carbons (Fsp3) is 0.417. The predicted molar refractivity (Wildman–Crippen MR) is 55.2 cm³/mol. The Morgan fingerprint density at radius 1 is 1.14 bits per heavy atom. The van der Waals surface area contributed by atoms with Gasteiger partial charge in [-0.1, -0.05) is 24.6 Å². The molecule has 0 aromatic heterocycles. The zero-order valence-corrected chi connectivity index (χ0v) is 7.99. The SMILES string of the molecule is O=C1Nc2ccccc2[C@@H]2CCC[C@@H]12. The summed E-state index contributed by atoms with van der Waals surface area (Å²) in [5.41, 5.74) is 2.37. The molecule has 1 aliphatic carbocycles.